The van der Waals surface area contributed by atoms with Crippen LogP contribution in [-0.4, -0.2) is 33.8 Å². The lowest BCUT2D eigenvalue weighted by Crippen LogP contribution is -2.23. The van der Waals surface area contributed by atoms with Crippen molar-refractivity contribution in [3.63, 3.8) is 0 Å². The molecule has 0 spiro atoms. The number of pyridine rings is 1. The van der Waals surface area contributed by atoms with Crippen LogP contribution >= 0.6 is 11.7 Å². The van der Waals surface area contributed by atoms with Crippen molar-refractivity contribution in [1.29, 1.82) is 0 Å². The fourth-order valence-electron chi connectivity index (χ4n) is 1.92. The van der Waals surface area contributed by atoms with Crippen LogP contribution in [0.2, 0.25) is 0 Å². The fourth-order valence-corrected chi connectivity index (χ4v) is 3.83. The highest BCUT2D eigenvalue weighted by molar-refractivity contribution is 7.92. The third-order valence-corrected chi connectivity index (χ3v) is 5.03. The highest BCUT2D eigenvalue weighted by Gasteiger charge is 2.23. The molecule has 0 bridgehead atoms. The lowest BCUT2D eigenvalue weighted by atomic mass is 10.3. The SMILES string of the molecule is O=C(CS(=O)(=O)c1cccc2nsnc12)Nc1cccnc1. The molecule has 1 amide bonds. The first-order chi connectivity index (χ1) is 10.6. The van der Waals surface area contributed by atoms with Crippen LogP contribution in [0.1, 0.15) is 0 Å². The molecule has 2 heterocycles. The number of aromatic nitrogens is 3. The zero-order chi connectivity index (χ0) is 15.6. The van der Waals surface area contributed by atoms with Gasteiger partial charge in [-0.25, -0.2) is 8.42 Å². The Hall–Kier alpha value is -2.39. The zero-order valence-corrected chi connectivity index (χ0v) is 12.8. The fraction of sp³-hybridized carbons (Fsp3) is 0.0769. The van der Waals surface area contributed by atoms with Gasteiger partial charge in [0, 0.05) is 6.20 Å². The van der Waals surface area contributed by atoms with Gasteiger partial charge in [0.2, 0.25) is 5.91 Å². The third-order valence-electron chi connectivity index (χ3n) is 2.85. The van der Waals surface area contributed by atoms with Gasteiger partial charge in [0.05, 0.1) is 28.5 Å². The van der Waals surface area contributed by atoms with E-state index in [-0.39, 0.29) is 4.90 Å². The Kier molecular flexibility index (Phi) is 3.82. The Balaban J connectivity index is 1.85. The van der Waals surface area contributed by atoms with Crippen molar-refractivity contribution in [3.8, 4) is 0 Å². The van der Waals surface area contributed by atoms with E-state index < -0.39 is 21.5 Å². The summed E-state index contributed by atoms with van der Waals surface area (Å²) in [5.41, 5.74) is 1.23. The standard InChI is InChI=1S/C13H10N4O3S2/c18-12(15-9-3-2-6-14-7-9)8-22(19,20)11-5-1-4-10-13(11)17-21-16-10/h1-7H,8H2,(H,15,18). The summed E-state index contributed by atoms with van der Waals surface area (Å²) in [6.07, 6.45) is 3.00. The van der Waals surface area contributed by atoms with E-state index in [4.69, 9.17) is 0 Å². The molecule has 0 atom stereocenters. The predicted molar refractivity (Wildman–Crippen MR) is 82.3 cm³/mol. The van der Waals surface area contributed by atoms with Gasteiger partial charge in [-0.15, -0.1) is 0 Å². The molecule has 0 aliphatic rings. The first-order valence-electron chi connectivity index (χ1n) is 6.20. The van der Waals surface area contributed by atoms with Crippen molar-refractivity contribution >= 4 is 44.2 Å². The summed E-state index contributed by atoms with van der Waals surface area (Å²) in [7, 11) is -3.80. The quantitative estimate of drug-likeness (QED) is 0.776. The summed E-state index contributed by atoms with van der Waals surface area (Å²) >= 11 is 0.931. The number of anilines is 1. The van der Waals surface area contributed by atoms with Crippen LogP contribution in [0.15, 0.2) is 47.6 Å². The van der Waals surface area contributed by atoms with Crippen LogP contribution in [0.25, 0.3) is 11.0 Å². The second-order valence-corrected chi connectivity index (χ2v) is 6.92. The molecule has 0 aliphatic heterocycles. The third kappa shape index (κ3) is 2.95. The van der Waals surface area contributed by atoms with Gasteiger partial charge in [0.25, 0.3) is 0 Å². The van der Waals surface area contributed by atoms with Crippen LogP contribution in [0.4, 0.5) is 5.69 Å². The summed E-state index contributed by atoms with van der Waals surface area (Å²) in [6.45, 7) is 0. The number of carbonyl (C=O) groups is 1. The Bertz CT molecular complexity index is 923. The molecule has 0 fully saturated rings. The normalized spacial score (nSPS) is 11.5. The van der Waals surface area contributed by atoms with E-state index in [1.807, 2.05) is 0 Å². The molecule has 3 rings (SSSR count). The maximum absolute atomic E-state index is 12.4. The topological polar surface area (TPSA) is 102 Å². The van der Waals surface area contributed by atoms with Crippen molar-refractivity contribution in [2.45, 2.75) is 4.90 Å². The van der Waals surface area contributed by atoms with Crippen molar-refractivity contribution in [2.75, 3.05) is 11.1 Å². The van der Waals surface area contributed by atoms with Gasteiger partial charge in [-0.3, -0.25) is 9.78 Å². The maximum atomic E-state index is 12.4. The second-order valence-electron chi connectivity index (χ2n) is 4.44. The van der Waals surface area contributed by atoms with Crippen molar-refractivity contribution in [1.82, 2.24) is 13.7 Å². The minimum absolute atomic E-state index is 0.0140. The van der Waals surface area contributed by atoms with Crippen molar-refractivity contribution in [2.24, 2.45) is 0 Å². The zero-order valence-electron chi connectivity index (χ0n) is 11.1. The minimum Gasteiger partial charge on any atom is -0.324 e. The summed E-state index contributed by atoms with van der Waals surface area (Å²) in [4.78, 5) is 15.8. The average Bonchev–Trinajstić information content (AvgIpc) is 2.95. The molecule has 3 aromatic rings. The van der Waals surface area contributed by atoms with Crippen LogP contribution < -0.4 is 5.32 Å². The van der Waals surface area contributed by atoms with Crippen LogP contribution in [0.5, 0.6) is 0 Å². The smallest absolute Gasteiger partial charge is 0.240 e. The lowest BCUT2D eigenvalue weighted by molar-refractivity contribution is -0.113. The molecule has 9 heteroatoms. The molecule has 2 aromatic heterocycles. The number of nitrogens with one attached hydrogen (secondary N) is 1. The first-order valence-corrected chi connectivity index (χ1v) is 8.58. The molecule has 1 N–H and O–H groups in total. The molecule has 0 saturated carbocycles. The summed E-state index contributed by atoms with van der Waals surface area (Å²) in [6, 6.07) is 7.95. The summed E-state index contributed by atoms with van der Waals surface area (Å²) < 4.78 is 32.8. The van der Waals surface area contributed by atoms with Crippen LogP contribution in [0, 0.1) is 0 Å². The van der Waals surface area contributed by atoms with Crippen molar-refractivity contribution in [3.05, 3.63) is 42.7 Å². The van der Waals surface area contributed by atoms with Gasteiger partial charge in [-0.05, 0) is 24.3 Å². The summed E-state index contributed by atoms with van der Waals surface area (Å²) in [5.74, 6) is -1.30. The van der Waals surface area contributed by atoms with Gasteiger partial charge in [-0.1, -0.05) is 6.07 Å². The molecular weight excluding hydrogens is 324 g/mol. The Labute approximate surface area is 130 Å². The highest BCUT2D eigenvalue weighted by Crippen LogP contribution is 2.22. The molecular formula is C13H10N4O3S2. The molecule has 1 aromatic carbocycles. The molecule has 22 heavy (non-hydrogen) atoms. The number of nitrogens with zero attached hydrogens (tertiary/aromatic N) is 3. The number of sulfone groups is 1. The first kappa shape index (κ1) is 14.5. The number of amides is 1. The average molecular weight is 334 g/mol. The van der Waals surface area contributed by atoms with Crippen molar-refractivity contribution < 1.29 is 13.2 Å². The number of rotatable bonds is 4. The molecule has 0 unspecified atom stereocenters. The molecule has 0 radical (unpaired) electrons. The van der Waals surface area contributed by atoms with Gasteiger partial charge < -0.3 is 5.32 Å². The van der Waals surface area contributed by atoms with E-state index in [9.17, 15) is 13.2 Å². The Morgan fingerprint density at radius 1 is 1.18 bits per heavy atom. The predicted octanol–water partition coefficient (Wildman–Crippen LogP) is 1.50. The van der Waals surface area contributed by atoms with Crippen LogP contribution in [0.3, 0.4) is 0 Å². The van der Waals surface area contributed by atoms with Gasteiger partial charge in [0.15, 0.2) is 9.84 Å². The van der Waals surface area contributed by atoms with Crippen LogP contribution in [-0.2, 0) is 14.6 Å². The largest absolute Gasteiger partial charge is 0.324 e. The Morgan fingerprint density at radius 3 is 2.82 bits per heavy atom. The van der Waals surface area contributed by atoms with Gasteiger partial charge in [0.1, 0.15) is 16.8 Å². The molecule has 0 saturated heterocycles. The molecule has 0 aliphatic carbocycles. The van der Waals surface area contributed by atoms with E-state index in [1.165, 1.54) is 12.3 Å². The van der Waals surface area contributed by atoms with E-state index in [0.717, 1.165) is 11.7 Å². The van der Waals surface area contributed by atoms with Gasteiger partial charge >= 0.3 is 0 Å². The molecule has 7 nitrogen and oxygen atoms in total. The Morgan fingerprint density at radius 2 is 2.05 bits per heavy atom. The number of hydrogen-bond acceptors (Lipinski definition) is 7. The van der Waals surface area contributed by atoms with E-state index >= 15 is 0 Å². The van der Waals surface area contributed by atoms with E-state index in [1.54, 1.807) is 30.5 Å². The van der Waals surface area contributed by atoms with Gasteiger partial charge in [-0.2, -0.15) is 8.75 Å². The second kappa shape index (κ2) is 5.78. The van der Waals surface area contributed by atoms with E-state index in [0.29, 0.717) is 16.7 Å². The summed E-state index contributed by atoms with van der Waals surface area (Å²) in [5, 5.41) is 2.50. The highest BCUT2D eigenvalue weighted by atomic mass is 32.2. The number of benzene rings is 1. The minimum atomic E-state index is -3.80. The maximum Gasteiger partial charge on any atom is 0.240 e. The monoisotopic (exact) mass is 334 g/mol. The number of fused-ring (bicyclic) bond motifs is 1. The number of carbonyl (C=O) groups excluding carboxylic acids is 1. The molecule has 112 valence electrons. The lowest BCUT2D eigenvalue weighted by Gasteiger charge is -2.06. The van der Waals surface area contributed by atoms with E-state index in [2.05, 4.69) is 19.0 Å². The number of hydrogen-bond donors (Lipinski definition) is 1.